The maximum Gasteiger partial charge on any atom is 0.161 e. The van der Waals surface area contributed by atoms with E-state index in [0.717, 1.165) is 18.0 Å². The summed E-state index contributed by atoms with van der Waals surface area (Å²) >= 11 is 0. The fraction of sp³-hybridized carbons (Fsp3) is 0.600. The first kappa shape index (κ1) is 14.8. The lowest BCUT2D eigenvalue weighted by Crippen LogP contribution is -2.22. The zero-order valence-electron chi connectivity index (χ0n) is 12.3. The maximum absolute atomic E-state index is 5.39. The molecule has 0 amide bonds. The van der Waals surface area contributed by atoms with Crippen molar-refractivity contribution in [2.24, 2.45) is 5.92 Å². The second-order valence-corrected chi connectivity index (χ2v) is 4.97. The van der Waals surface area contributed by atoms with Crippen molar-refractivity contribution in [3.05, 3.63) is 23.3 Å². The largest absolute Gasteiger partial charge is 0.493 e. The third-order valence-corrected chi connectivity index (χ3v) is 3.40. The van der Waals surface area contributed by atoms with Crippen LogP contribution >= 0.6 is 0 Å². The predicted octanol–water partition coefficient (Wildman–Crippen LogP) is 2.97. The number of nitrogens with one attached hydrogen (secondary N) is 1. The molecule has 102 valence electrons. The van der Waals surface area contributed by atoms with E-state index < -0.39 is 0 Å². The van der Waals surface area contributed by atoms with Gasteiger partial charge in [-0.2, -0.15) is 0 Å². The monoisotopic (exact) mass is 251 g/mol. The van der Waals surface area contributed by atoms with Gasteiger partial charge in [0.15, 0.2) is 11.5 Å². The smallest absolute Gasteiger partial charge is 0.161 e. The summed E-state index contributed by atoms with van der Waals surface area (Å²) in [5.41, 5.74) is 2.58. The van der Waals surface area contributed by atoms with Crippen molar-refractivity contribution >= 4 is 0 Å². The third-order valence-electron chi connectivity index (χ3n) is 3.40. The molecule has 1 N–H and O–H groups in total. The Morgan fingerprint density at radius 2 is 1.67 bits per heavy atom. The van der Waals surface area contributed by atoms with Crippen LogP contribution in [0.3, 0.4) is 0 Å². The number of likely N-dealkylation sites (N-methyl/N-ethyl adjacent to an activating group) is 1. The molecule has 18 heavy (non-hydrogen) atoms. The summed E-state index contributed by atoms with van der Waals surface area (Å²) in [6.07, 6.45) is 0. The molecule has 0 fully saturated rings. The Hall–Kier alpha value is -1.22. The highest BCUT2D eigenvalue weighted by Gasteiger charge is 2.19. The maximum atomic E-state index is 5.39. The molecule has 0 bridgehead atoms. The van der Waals surface area contributed by atoms with E-state index in [-0.39, 0.29) is 0 Å². The van der Waals surface area contributed by atoms with Gasteiger partial charge in [-0.15, -0.1) is 0 Å². The molecule has 3 nitrogen and oxygen atoms in total. The second-order valence-electron chi connectivity index (χ2n) is 4.97. The van der Waals surface area contributed by atoms with Gasteiger partial charge in [-0.1, -0.05) is 13.8 Å². The Kier molecular flexibility index (Phi) is 5.48. The number of aryl methyl sites for hydroxylation is 1. The number of benzene rings is 1. The van der Waals surface area contributed by atoms with E-state index in [2.05, 4.69) is 38.2 Å². The Morgan fingerprint density at radius 1 is 1.11 bits per heavy atom. The van der Waals surface area contributed by atoms with Gasteiger partial charge in [-0.25, -0.2) is 0 Å². The molecule has 1 rings (SSSR count). The normalized spacial score (nSPS) is 12.6. The molecule has 0 radical (unpaired) electrons. The number of methoxy groups -OCH3 is 2. The Bertz CT molecular complexity index is 388. The minimum absolute atomic E-state index is 0.481. The van der Waals surface area contributed by atoms with Gasteiger partial charge in [0.1, 0.15) is 0 Å². The topological polar surface area (TPSA) is 30.5 Å². The number of ether oxygens (including phenoxy) is 2. The Labute approximate surface area is 110 Å². The average Bonchev–Trinajstić information content (AvgIpc) is 2.35. The molecule has 0 heterocycles. The highest BCUT2D eigenvalue weighted by atomic mass is 16.5. The summed E-state index contributed by atoms with van der Waals surface area (Å²) in [7, 11) is 5.34. The van der Waals surface area contributed by atoms with Gasteiger partial charge in [-0.3, -0.25) is 0 Å². The van der Waals surface area contributed by atoms with Crippen LogP contribution in [-0.2, 0) is 0 Å². The van der Waals surface area contributed by atoms with Gasteiger partial charge in [0.25, 0.3) is 0 Å². The summed E-state index contributed by atoms with van der Waals surface area (Å²) in [6, 6.07) is 4.16. The first-order valence-electron chi connectivity index (χ1n) is 6.42. The van der Waals surface area contributed by atoms with Crippen LogP contribution in [0.4, 0.5) is 0 Å². The van der Waals surface area contributed by atoms with Crippen molar-refractivity contribution < 1.29 is 9.47 Å². The molecular formula is C15H25NO2. The Balaban J connectivity index is 3.21. The van der Waals surface area contributed by atoms with Gasteiger partial charge in [0, 0.05) is 6.54 Å². The minimum atomic E-state index is 0.481. The van der Waals surface area contributed by atoms with Crippen LogP contribution in [0.5, 0.6) is 11.5 Å². The van der Waals surface area contributed by atoms with E-state index in [4.69, 9.17) is 9.47 Å². The number of hydrogen-bond donors (Lipinski definition) is 1. The first-order chi connectivity index (χ1) is 8.54. The fourth-order valence-electron chi connectivity index (χ4n) is 2.32. The zero-order valence-corrected chi connectivity index (χ0v) is 12.3. The van der Waals surface area contributed by atoms with Gasteiger partial charge in [-0.05, 0) is 49.1 Å². The molecule has 1 atom stereocenters. The van der Waals surface area contributed by atoms with Crippen LogP contribution < -0.4 is 14.8 Å². The average molecular weight is 251 g/mol. The molecule has 3 heteroatoms. The van der Waals surface area contributed by atoms with E-state index in [0.29, 0.717) is 11.8 Å². The molecule has 0 aliphatic carbocycles. The standard InChI is InChI=1S/C15H25NO2/c1-10(2)13(9-16-4)12-8-15(18-6)14(17-5)7-11(12)3/h7-8,10,13,16H,9H2,1-6H3. The van der Waals surface area contributed by atoms with Crippen molar-refractivity contribution in [2.45, 2.75) is 26.7 Å². The number of rotatable bonds is 6. The van der Waals surface area contributed by atoms with Crippen LogP contribution in [0.15, 0.2) is 12.1 Å². The highest BCUT2D eigenvalue weighted by Crippen LogP contribution is 2.35. The van der Waals surface area contributed by atoms with E-state index in [1.165, 1.54) is 11.1 Å². The van der Waals surface area contributed by atoms with Crippen LogP contribution in [-0.4, -0.2) is 27.8 Å². The zero-order chi connectivity index (χ0) is 13.7. The SMILES string of the molecule is CNCC(c1cc(OC)c(OC)cc1C)C(C)C. The van der Waals surface area contributed by atoms with E-state index in [9.17, 15) is 0 Å². The molecule has 1 aromatic carbocycles. The van der Waals surface area contributed by atoms with Crippen molar-refractivity contribution in [1.82, 2.24) is 5.32 Å². The quantitative estimate of drug-likeness (QED) is 0.843. The van der Waals surface area contributed by atoms with Crippen LogP contribution in [0.1, 0.15) is 30.9 Å². The van der Waals surface area contributed by atoms with Crippen LogP contribution in [0, 0.1) is 12.8 Å². The summed E-state index contributed by atoms with van der Waals surface area (Å²) in [6.45, 7) is 7.59. The van der Waals surface area contributed by atoms with E-state index in [1.807, 2.05) is 7.05 Å². The molecule has 0 aliphatic heterocycles. The van der Waals surface area contributed by atoms with Crippen molar-refractivity contribution in [1.29, 1.82) is 0 Å². The fourth-order valence-corrected chi connectivity index (χ4v) is 2.32. The molecule has 1 unspecified atom stereocenters. The predicted molar refractivity (Wildman–Crippen MR) is 75.8 cm³/mol. The summed E-state index contributed by atoms with van der Waals surface area (Å²) in [5.74, 6) is 2.66. The summed E-state index contributed by atoms with van der Waals surface area (Å²) in [4.78, 5) is 0. The third kappa shape index (κ3) is 3.16. The molecule has 0 aromatic heterocycles. The minimum Gasteiger partial charge on any atom is -0.493 e. The van der Waals surface area contributed by atoms with E-state index >= 15 is 0 Å². The van der Waals surface area contributed by atoms with Gasteiger partial charge >= 0.3 is 0 Å². The highest BCUT2D eigenvalue weighted by molar-refractivity contribution is 5.48. The number of hydrogen-bond acceptors (Lipinski definition) is 3. The van der Waals surface area contributed by atoms with Gasteiger partial charge in [0.05, 0.1) is 14.2 Å². The molecule has 0 saturated heterocycles. The van der Waals surface area contributed by atoms with Gasteiger partial charge < -0.3 is 14.8 Å². The van der Waals surface area contributed by atoms with Crippen molar-refractivity contribution in [2.75, 3.05) is 27.8 Å². The molecule has 0 spiro atoms. The van der Waals surface area contributed by atoms with Crippen LogP contribution in [0.25, 0.3) is 0 Å². The first-order valence-corrected chi connectivity index (χ1v) is 6.42. The second kappa shape index (κ2) is 6.64. The molecule has 0 aliphatic rings. The van der Waals surface area contributed by atoms with Crippen LogP contribution in [0.2, 0.25) is 0 Å². The lowest BCUT2D eigenvalue weighted by molar-refractivity contribution is 0.353. The lowest BCUT2D eigenvalue weighted by atomic mass is 9.85. The molecule has 1 aromatic rings. The van der Waals surface area contributed by atoms with E-state index in [1.54, 1.807) is 14.2 Å². The molecule has 0 saturated carbocycles. The molecular weight excluding hydrogens is 226 g/mol. The lowest BCUT2D eigenvalue weighted by Gasteiger charge is -2.24. The van der Waals surface area contributed by atoms with Gasteiger partial charge in [0.2, 0.25) is 0 Å². The summed E-state index contributed by atoms with van der Waals surface area (Å²) in [5, 5.41) is 3.27. The van der Waals surface area contributed by atoms with Crippen molar-refractivity contribution in [3.8, 4) is 11.5 Å². The van der Waals surface area contributed by atoms with Crippen molar-refractivity contribution in [3.63, 3.8) is 0 Å². The Morgan fingerprint density at radius 3 is 2.11 bits per heavy atom. The summed E-state index contributed by atoms with van der Waals surface area (Å²) < 4.78 is 10.7.